The topological polar surface area (TPSA) is 91.7 Å². The van der Waals surface area contributed by atoms with Crippen LogP contribution in [0.2, 0.25) is 0 Å². The summed E-state index contributed by atoms with van der Waals surface area (Å²) in [5.41, 5.74) is 0. The van der Waals surface area contributed by atoms with Crippen molar-refractivity contribution in [1.82, 2.24) is 0 Å². The molecular formula is C3H3LiO5. The van der Waals surface area contributed by atoms with Crippen molar-refractivity contribution >= 4 is 17.7 Å². The fraction of sp³-hybridized carbons (Fsp3) is 0. The molecule has 0 bridgehead atoms. The molecule has 0 aromatic carbocycles. The van der Waals surface area contributed by atoms with Gasteiger partial charge in [-0.3, -0.25) is 4.79 Å². The van der Waals surface area contributed by atoms with Crippen LogP contribution < -0.4 is 18.9 Å². The molecular weight excluding hydrogens is 123 g/mol. The molecule has 0 heterocycles. The van der Waals surface area contributed by atoms with E-state index in [0.29, 0.717) is 0 Å². The van der Waals surface area contributed by atoms with E-state index >= 15 is 0 Å². The third kappa shape index (κ3) is 3.76. The Kier molecular flexibility index (Phi) is 5.07. The van der Waals surface area contributed by atoms with E-state index in [0.717, 1.165) is 0 Å². The first-order valence-electron chi connectivity index (χ1n) is 1.56. The molecule has 46 valence electrons. The number of carboxylic acid groups (broad SMARTS) is 2. The molecule has 0 fully saturated rings. The van der Waals surface area contributed by atoms with E-state index in [9.17, 15) is 14.4 Å². The van der Waals surface area contributed by atoms with E-state index in [1.807, 2.05) is 0 Å². The first-order valence-corrected chi connectivity index (χ1v) is 1.56. The van der Waals surface area contributed by atoms with Gasteiger partial charge >= 0.3 is 36.6 Å². The maximum atomic E-state index is 9.64. The standard InChI is InChI=1S/C3H2O5.Li.H/c4-1(2(5)6)3(7)8;;/h(H,5,6)(H,7,8);;/q;+1;-1. The Hall–Kier alpha value is -0.793. The molecule has 0 radical (unpaired) electrons. The molecule has 0 aromatic rings. The zero-order valence-corrected chi connectivity index (χ0v) is 4.62. The van der Waals surface area contributed by atoms with Crippen LogP contribution in [0.15, 0.2) is 0 Å². The van der Waals surface area contributed by atoms with Crippen molar-refractivity contribution in [3.8, 4) is 0 Å². The summed E-state index contributed by atoms with van der Waals surface area (Å²) < 4.78 is 0. The number of carbonyl (C=O) groups excluding carboxylic acids is 1. The first-order chi connectivity index (χ1) is 3.55. The van der Waals surface area contributed by atoms with Crippen molar-refractivity contribution in [3.63, 3.8) is 0 Å². The van der Waals surface area contributed by atoms with Crippen LogP contribution in [-0.2, 0) is 14.4 Å². The predicted molar refractivity (Wildman–Crippen MR) is 21.4 cm³/mol. The summed E-state index contributed by atoms with van der Waals surface area (Å²) in [5, 5.41) is 15.2. The van der Waals surface area contributed by atoms with E-state index in [-0.39, 0.29) is 20.3 Å². The van der Waals surface area contributed by atoms with Crippen LogP contribution in [0.3, 0.4) is 0 Å². The number of aliphatic carboxylic acids is 2. The van der Waals surface area contributed by atoms with Gasteiger partial charge in [0.1, 0.15) is 0 Å². The second kappa shape index (κ2) is 4.12. The monoisotopic (exact) mass is 126 g/mol. The molecule has 6 heteroatoms. The smallest absolute Gasteiger partial charge is 1.00 e. The Morgan fingerprint density at radius 2 is 1.22 bits per heavy atom. The molecule has 0 aromatic heterocycles. The Morgan fingerprint density at radius 3 is 1.22 bits per heavy atom. The van der Waals surface area contributed by atoms with Gasteiger partial charge in [-0.2, -0.15) is 0 Å². The predicted octanol–water partition coefficient (Wildman–Crippen LogP) is -4.16. The number of Topliss-reactive ketones (excluding diaryl/α,β-unsaturated/α-hetero) is 1. The van der Waals surface area contributed by atoms with Crippen molar-refractivity contribution in [1.29, 1.82) is 0 Å². The Labute approximate surface area is 63.3 Å². The van der Waals surface area contributed by atoms with Gasteiger partial charge in [-0.25, -0.2) is 9.59 Å². The summed E-state index contributed by atoms with van der Waals surface area (Å²) in [6, 6.07) is 0. The van der Waals surface area contributed by atoms with Crippen molar-refractivity contribution < 1.29 is 44.9 Å². The van der Waals surface area contributed by atoms with Gasteiger partial charge in [0.2, 0.25) is 0 Å². The average molecular weight is 126 g/mol. The van der Waals surface area contributed by atoms with Crippen molar-refractivity contribution in [3.05, 3.63) is 0 Å². The minimum atomic E-state index is -1.95. The molecule has 5 nitrogen and oxygen atoms in total. The molecule has 9 heavy (non-hydrogen) atoms. The summed E-state index contributed by atoms with van der Waals surface area (Å²) in [6.45, 7) is 0. The van der Waals surface area contributed by atoms with Crippen LogP contribution in [0.1, 0.15) is 1.43 Å². The second-order valence-electron chi connectivity index (χ2n) is 0.939. The van der Waals surface area contributed by atoms with Gasteiger partial charge in [-0.15, -0.1) is 0 Å². The normalized spacial score (nSPS) is 7.11. The van der Waals surface area contributed by atoms with Crippen molar-refractivity contribution in [2.24, 2.45) is 0 Å². The second-order valence-corrected chi connectivity index (χ2v) is 0.939. The van der Waals surface area contributed by atoms with E-state index in [1.54, 1.807) is 0 Å². The summed E-state index contributed by atoms with van der Waals surface area (Å²) in [6.07, 6.45) is 0. The minimum absolute atomic E-state index is 0. The number of carbonyl (C=O) groups is 3. The number of hydrogen-bond acceptors (Lipinski definition) is 3. The van der Waals surface area contributed by atoms with Gasteiger partial charge < -0.3 is 11.6 Å². The Bertz CT molecular complexity index is 139. The maximum absolute atomic E-state index is 9.64. The molecule has 0 aliphatic heterocycles. The van der Waals surface area contributed by atoms with E-state index in [4.69, 9.17) is 10.2 Å². The number of ketones is 1. The summed E-state index contributed by atoms with van der Waals surface area (Å²) in [7, 11) is 0. The molecule has 0 aliphatic carbocycles. The van der Waals surface area contributed by atoms with Crippen molar-refractivity contribution in [2.75, 3.05) is 0 Å². The van der Waals surface area contributed by atoms with Gasteiger partial charge in [-0.1, -0.05) is 0 Å². The van der Waals surface area contributed by atoms with Crippen LogP contribution in [-0.4, -0.2) is 27.9 Å². The zero-order chi connectivity index (χ0) is 6.73. The fourth-order valence-corrected chi connectivity index (χ4v) is 0.0915. The largest absolute Gasteiger partial charge is 1.00 e. The summed E-state index contributed by atoms with van der Waals surface area (Å²) in [4.78, 5) is 28.5. The molecule has 0 aliphatic rings. The van der Waals surface area contributed by atoms with Gasteiger partial charge in [0, 0.05) is 0 Å². The SMILES string of the molecule is O=C(O)C(=O)C(=O)O.[H-].[Li+]. The first kappa shape index (κ1) is 11.1. The molecule has 2 N–H and O–H groups in total. The summed E-state index contributed by atoms with van der Waals surface area (Å²) in [5.74, 6) is -5.71. The molecule has 0 spiro atoms. The Balaban J connectivity index is -0.000000245. The van der Waals surface area contributed by atoms with Gasteiger partial charge in [0.15, 0.2) is 0 Å². The van der Waals surface area contributed by atoms with Crippen LogP contribution in [0, 0.1) is 0 Å². The van der Waals surface area contributed by atoms with Crippen LogP contribution >= 0.6 is 0 Å². The van der Waals surface area contributed by atoms with Gasteiger partial charge in [0.25, 0.3) is 0 Å². The fourth-order valence-electron chi connectivity index (χ4n) is 0.0915. The molecule has 0 amide bonds. The van der Waals surface area contributed by atoms with E-state index < -0.39 is 17.7 Å². The minimum Gasteiger partial charge on any atom is -1.00 e. The van der Waals surface area contributed by atoms with Crippen LogP contribution in [0.5, 0.6) is 0 Å². The molecule has 0 rings (SSSR count). The number of rotatable bonds is 2. The van der Waals surface area contributed by atoms with Crippen molar-refractivity contribution in [2.45, 2.75) is 0 Å². The molecule has 0 atom stereocenters. The third-order valence-electron chi connectivity index (χ3n) is 0.388. The quantitative estimate of drug-likeness (QED) is 0.222. The number of carboxylic acids is 2. The van der Waals surface area contributed by atoms with Crippen LogP contribution in [0.25, 0.3) is 0 Å². The summed E-state index contributed by atoms with van der Waals surface area (Å²) >= 11 is 0. The van der Waals surface area contributed by atoms with E-state index in [1.165, 1.54) is 0 Å². The van der Waals surface area contributed by atoms with Gasteiger partial charge in [-0.05, 0) is 0 Å². The van der Waals surface area contributed by atoms with Crippen LogP contribution in [0.4, 0.5) is 0 Å². The average Bonchev–Trinajstić information content (AvgIpc) is 1.64. The van der Waals surface area contributed by atoms with E-state index in [2.05, 4.69) is 0 Å². The zero-order valence-electron chi connectivity index (χ0n) is 5.62. The Morgan fingerprint density at radius 1 is 1.00 bits per heavy atom. The molecule has 0 saturated heterocycles. The molecule has 0 unspecified atom stereocenters. The third-order valence-corrected chi connectivity index (χ3v) is 0.388. The maximum Gasteiger partial charge on any atom is 1.00 e. The number of hydrogen-bond donors (Lipinski definition) is 2. The van der Waals surface area contributed by atoms with Gasteiger partial charge in [0.05, 0.1) is 0 Å². The molecule has 0 saturated carbocycles.